The van der Waals surface area contributed by atoms with E-state index < -0.39 is 5.60 Å². The second-order valence-electron chi connectivity index (χ2n) is 9.64. The minimum absolute atomic E-state index is 0.0234. The van der Waals surface area contributed by atoms with Gasteiger partial charge in [-0.25, -0.2) is 4.98 Å². The number of rotatable bonds is 2. The van der Waals surface area contributed by atoms with E-state index in [1.807, 2.05) is 67.3 Å². The average molecular weight is 467 g/mol. The van der Waals surface area contributed by atoms with Gasteiger partial charge in [-0.2, -0.15) is 0 Å². The van der Waals surface area contributed by atoms with E-state index in [-0.39, 0.29) is 11.7 Å². The third-order valence-electron chi connectivity index (χ3n) is 7.30. The molecule has 0 atom stereocenters. The molecule has 176 valence electrons. The van der Waals surface area contributed by atoms with Crippen LogP contribution in [-0.4, -0.2) is 50.2 Å². The summed E-state index contributed by atoms with van der Waals surface area (Å²) in [5, 5.41) is 0. The first-order valence-electron chi connectivity index (χ1n) is 11.9. The zero-order chi connectivity index (χ0) is 24.2. The first kappa shape index (κ1) is 21.5. The van der Waals surface area contributed by atoms with Gasteiger partial charge in [0.2, 0.25) is 0 Å². The Labute approximate surface area is 203 Å². The molecule has 2 aromatic carbocycles. The Balaban J connectivity index is 1.19. The van der Waals surface area contributed by atoms with Crippen molar-refractivity contribution in [2.24, 2.45) is 0 Å². The molecule has 0 saturated carbocycles. The van der Waals surface area contributed by atoms with Crippen molar-refractivity contribution in [3.05, 3.63) is 77.0 Å². The summed E-state index contributed by atoms with van der Waals surface area (Å²) in [5.41, 5.74) is 5.31. The molecule has 1 spiro atoms. The monoisotopic (exact) mass is 466 g/mol. The van der Waals surface area contributed by atoms with Gasteiger partial charge in [-0.3, -0.25) is 14.6 Å². The Hall–Kier alpha value is -4.00. The average Bonchev–Trinajstić information content (AvgIpc) is 3.30. The van der Waals surface area contributed by atoms with E-state index in [1.54, 1.807) is 6.20 Å². The van der Waals surface area contributed by atoms with Crippen LogP contribution in [0.2, 0.25) is 0 Å². The van der Waals surface area contributed by atoms with Gasteiger partial charge in [0.1, 0.15) is 17.0 Å². The van der Waals surface area contributed by atoms with Gasteiger partial charge < -0.3 is 14.6 Å². The largest absolute Gasteiger partial charge is 0.486 e. The Morgan fingerprint density at radius 2 is 1.86 bits per heavy atom. The summed E-state index contributed by atoms with van der Waals surface area (Å²) in [4.78, 5) is 40.3. The number of aromatic amines is 1. The minimum atomic E-state index is -0.534. The lowest BCUT2D eigenvalue weighted by atomic mass is 9.81. The molecule has 6 rings (SSSR count). The van der Waals surface area contributed by atoms with Crippen LogP contribution in [0.5, 0.6) is 5.75 Å². The molecule has 0 bridgehead atoms. The van der Waals surface area contributed by atoms with Crippen molar-refractivity contribution in [2.45, 2.75) is 38.7 Å². The van der Waals surface area contributed by atoms with Crippen LogP contribution in [0, 0.1) is 13.8 Å². The van der Waals surface area contributed by atoms with Crippen molar-refractivity contribution in [1.82, 2.24) is 19.9 Å². The van der Waals surface area contributed by atoms with E-state index in [1.165, 1.54) is 0 Å². The zero-order valence-electron chi connectivity index (χ0n) is 19.8. The molecule has 1 amide bonds. The molecule has 0 radical (unpaired) electrons. The Bertz CT molecular complexity index is 1470. The molecular weight excluding hydrogens is 440 g/mol. The maximum Gasteiger partial charge on any atom is 0.253 e. The van der Waals surface area contributed by atoms with Crippen molar-refractivity contribution in [3.8, 4) is 17.3 Å². The molecule has 1 fully saturated rings. The number of H-pyrrole nitrogens is 1. The molecule has 2 aliphatic heterocycles. The number of aryl methyl sites for hydroxylation is 2. The first-order valence-corrected chi connectivity index (χ1v) is 11.9. The highest BCUT2D eigenvalue weighted by atomic mass is 16.5. The lowest BCUT2D eigenvalue weighted by Gasteiger charge is -2.44. The number of aromatic nitrogens is 3. The smallest absolute Gasteiger partial charge is 0.253 e. The normalized spacial score (nSPS) is 16.9. The van der Waals surface area contributed by atoms with E-state index in [0.717, 1.165) is 27.9 Å². The number of ketones is 1. The number of ether oxygens (including phenoxy) is 1. The number of amides is 1. The maximum absolute atomic E-state index is 13.3. The summed E-state index contributed by atoms with van der Waals surface area (Å²) in [6.07, 6.45) is 3.35. The lowest BCUT2D eigenvalue weighted by Crippen LogP contribution is -2.52. The van der Waals surface area contributed by atoms with Crippen molar-refractivity contribution in [3.63, 3.8) is 0 Å². The summed E-state index contributed by atoms with van der Waals surface area (Å²) in [5.74, 6) is 1.46. The second kappa shape index (κ2) is 8.05. The first-order chi connectivity index (χ1) is 16.9. The predicted molar refractivity (Wildman–Crippen MR) is 133 cm³/mol. The Kier molecular flexibility index (Phi) is 4.95. The number of Topliss-reactive ketones (excluding diaryl/α,β-unsaturated/α-hetero) is 1. The number of hydrogen-bond acceptors (Lipinski definition) is 5. The fraction of sp³-hybridized carbons (Fsp3) is 0.286. The maximum atomic E-state index is 13.3. The number of hydrogen-bond donors (Lipinski definition) is 1. The standard InChI is InChI=1S/C28H26N4O3/c1-17-13-20-24(33)16-28(35-25(20)14-18(17)2)8-11-32(12-9-28)27(34)19-6-7-21-23(15-19)31-26(30-21)22-5-3-4-10-29-22/h3-7,10,13-15H,8-9,11-12,16H2,1-2H3,(H,30,31). The fourth-order valence-corrected chi connectivity index (χ4v) is 5.09. The molecule has 2 aliphatic rings. The summed E-state index contributed by atoms with van der Waals surface area (Å²) in [6, 6.07) is 15.1. The van der Waals surface area contributed by atoms with Gasteiger partial charge in [-0.15, -0.1) is 0 Å². The van der Waals surface area contributed by atoms with Crippen molar-refractivity contribution in [2.75, 3.05) is 13.1 Å². The van der Waals surface area contributed by atoms with Crippen molar-refractivity contribution < 1.29 is 14.3 Å². The topological polar surface area (TPSA) is 88.2 Å². The fourth-order valence-electron chi connectivity index (χ4n) is 5.09. The molecule has 4 aromatic rings. The molecule has 1 saturated heterocycles. The van der Waals surface area contributed by atoms with Crippen LogP contribution >= 0.6 is 0 Å². The quantitative estimate of drug-likeness (QED) is 0.455. The van der Waals surface area contributed by atoms with Crippen LogP contribution in [0.15, 0.2) is 54.7 Å². The third kappa shape index (κ3) is 3.77. The van der Waals surface area contributed by atoms with Crippen molar-refractivity contribution >= 4 is 22.7 Å². The van der Waals surface area contributed by atoms with Crippen LogP contribution < -0.4 is 4.74 Å². The van der Waals surface area contributed by atoms with Gasteiger partial charge in [0, 0.05) is 37.7 Å². The van der Waals surface area contributed by atoms with Gasteiger partial charge in [-0.05, 0) is 67.4 Å². The summed E-state index contributed by atoms with van der Waals surface area (Å²) >= 11 is 0. The van der Waals surface area contributed by atoms with Crippen LogP contribution in [0.3, 0.4) is 0 Å². The molecule has 0 unspecified atom stereocenters. The Morgan fingerprint density at radius 3 is 2.63 bits per heavy atom. The molecule has 35 heavy (non-hydrogen) atoms. The van der Waals surface area contributed by atoms with Gasteiger partial charge in [0.15, 0.2) is 11.6 Å². The highest BCUT2D eigenvalue weighted by Gasteiger charge is 2.44. The number of nitrogens with one attached hydrogen (secondary N) is 1. The molecule has 1 N–H and O–H groups in total. The number of nitrogens with zero attached hydrogens (tertiary/aromatic N) is 3. The van der Waals surface area contributed by atoms with Crippen molar-refractivity contribution in [1.29, 1.82) is 0 Å². The third-order valence-corrected chi connectivity index (χ3v) is 7.30. The van der Waals surface area contributed by atoms with Gasteiger partial charge >= 0.3 is 0 Å². The van der Waals surface area contributed by atoms with Gasteiger partial charge in [-0.1, -0.05) is 6.07 Å². The number of piperidine rings is 1. The van der Waals surface area contributed by atoms with Crippen LogP contribution in [0.25, 0.3) is 22.6 Å². The molecule has 0 aliphatic carbocycles. The predicted octanol–water partition coefficient (Wildman–Crippen LogP) is 4.88. The number of likely N-dealkylation sites (tertiary alicyclic amines) is 1. The summed E-state index contributed by atoms with van der Waals surface area (Å²) < 4.78 is 6.42. The number of carbonyl (C=O) groups excluding carboxylic acids is 2. The summed E-state index contributed by atoms with van der Waals surface area (Å²) in [7, 11) is 0. The summed E-state index contributed by atoms with van der Waals surface area (Å²) in [6.45, 7) is 5.14. The molecule has 7 nitrogen and oxygen atoms in total. The van der Waals surface area contributed by atoms with Gasteiger partial charge in [0.05, 0.1) is 23.0 Å². The van der Waals surface area contributed by atoms with Gasteiger partial charge in [0.25, 0.3) is 5.91 Å². The van der Waals surface area contributed by atoms with Crippen LogP contribution in [-0.2, 0) is 0 Å². The van der Waals surface area contributed by atoms with Crippen LogP contribution in [0.4, 0.5) is 0 Å². The number of pyridine rings is 1. The van der Waals surface area contributed by atoms with E-state index in [9.17, 15) is 9.59 Å². The molecular formula is C28H26N4O3. The number of carbonyl (C=O) groups is 2. The van der Waals surface area contributed by atoms with Crippen LogP contribution in [0.1, 0.15) is 51.1 Å². The van der Waals surface area contributed by atoms with E-state index >= 15 is 0 Å². The highest BCUT2D eigenvalue weighted by Crippen LogP contribution is 2.40. The zero-order valence-corrected chi connectivity index (χ0v) is 19.8. The Morgan fingerprint density at radius 1 is 1.06 bits per heavy atom. The molecule has 2 aromatic heterocycles. The van der Waals surface area contributed by atoms with E-state index in [2.05, 4.69) is 15.0 Å². The van der Waals surface area contributed by atoms with E-state index in [4.69, 9.17) is 4.74 Å². The lowest BCUT2D eigenvalue weighted by molar-refractivity contribution is -0.00575. The second-order valence-corrected chi connectivity index (χ2v) is 9.64. The van der Waals surface area contributed by atoms with E-state index in [0.29, 0.717) is 55.1 Å². The minimum Gasteiger partial charge on any atom is -0.486 e. The SMILES string of the molecule is Cc1cc2c(cc1C)C(=O)CC1(CCN(C(=O)c3ccc4nc(-c5ccccn5)[nH]c4c3)CC1)O2. The number of imidazole rings is 1. The molecule has 7 heteroatoms. The molecule has 4 heterocycles. The highest BCUT2D eigenvalue weighted by molar-refractivity contribution is 6.01. The number of benzene rings is 2. The number of fused-ring (bicyclic) bond motifs is 2.